The molecule has 0 bridgehead atoms. The third-order valence-electron chi connectivity index (χ3n) is 0.912. The van der Waals surface area contributed by atoms with Crippen LogP contribution in [0.1, 0.15) is 26.7 Å². The molecule has 0 aromatic heterocycles. The Morgan fingerprint density at radius 2 is 2.00 bits per heavy atom. The van der Waals surface area contributed by atoms with Gasteiger partial charge in [-0.25, -0.2) is 0 Å². The molecule has 0 heterocycles. The minimum Gasteiger partial charge on any atom is -0.0837 e. The first kappa shape index (κ1) is 8.96. The van der Waals surface area contributed by atoms with E-state index in [1.807, 2.05) is 0 Å². The molecule has 1 heteroatoms. The molecule has 0 unspecified atom stereocenters. The van der Waals surface area contributed by atoms with Crippen molar-refractivity contribution in [3.63, 3.8) is 0 Å². The summed E-state index contributed by atoms with van der Waals surface area (Å²) in [6.07, 6.45) is 8.56. The maximum Gasteiger partial charge on any atom is 0.0132 e. The third kappa shape index (κ3) is 5.84. The van der Waals surface area contributed by atoms with Gasteiger partial charge in [0, 0.05) is 4.48 Å². The standard InChI is InChI=1S/C8H13Br/c1-3-5-7-8(9)6-4-2/h5-7H,3-4H2,1-2H3/b7-5-,8-6+. The van der Waals surface area contributed by atoms with E-state index < -0.39 is 0 Å². The number of rotatable bonds is 3. The van der Waals surface area contributed by atoms with E-state index >= 15 is 0 Å². The zero-order chi connectivity index (χ0) is 7.11. The predicted octanol–water partition coefficient (Wildman–Crippen LogP) is 3.64. The van der Waals surface area contributed by atoms with Crippen LogP contribution in [0.2, 0.25) is 0 Å². The molecule has 0 nitrogen and oxygen atoms in total. The van der Waals surface area contributed by atoms with Crippen molar-refractivity contribution >= 4 is 15.9 Å². The van der Waals surface area contributed by atoms with E-state index in [-0.39, 0.29) is 0 Å². The van der Waals surface area contributed by atoms with Gasteiger partial charge in [0.05, 0.1) is 0 Å². The molecule has 0 aliphatic rings. The Kier molecular flexibility index (Phi) is 6.06. The largest absolute Gasteiger partial charge is 0.0837 e. The molecule has 0 N–H and O–H groups in total. The van der Waals surface area contributed by atoms with Gasteiger partial charge in [-0.3, -0.25) is 0 Å². The van der Waals surface area contributed by atoms with Crippen molar-refractivity contribution in [3.05, 3.63) is 22.7 Å². The zero-order valence-electron chi connectivity index (χ0n) is 6.02. The Morgan fingerprint density at radius 3 is 2.44 bits per heavy atom. The number of allylic oxidation sites excluding steroid dienone is 4. The second-order valence-corrected chi connectivity index (χ2v) is 2.72. The van der Waals surface area contributed by atoms with Crippen LogP contribution in [-0.4, -0.2) is 0 Å². The van der Waals surface area contributed by atoms with Gasteiger partial charge in [-0.05, 0) is 12.8 Å². The highest BCUT2D eigenvalue weighted by Crippen LogP contribution is 2.07. The van der Waals surface area contributed by atoms with Gasteiger partial charge in [0.1, 0.15) is 0 Å². The molecule has 0 spiro atoms. The first-order chi connectivity index (χ1) is 4.31. The van der Waals surface area contributed by atoms with Crippen LogP contribution in [0, 0.1) is 0 Å². The van der Waals surface area contributed by atoms with Crippen LogP contribution in [0.4, 0.5) is 0 Å². The molecule has 9 heavy (non-hydrogen) atoms. The molecule has 0 amide bonds. The smallest absolute Gasteiger partial charge is 0.0132 e. The lowest BCUT2D eigenvalue weighted by Gasteiger charge is -1.84. The number of halogens is 1. The van der Waals surface area contributed by atoms with E-state index in [9.17, 15) is 0 Å². The van der Waals surface area contributed by atoms with Crippen LogP contribution in [0.3, 0.4) is 0 Å². The highest BCUT2D eigenvalue weighted by molar-refractivity contribution is 9.11. The maximum absolute atomic E-state index is 3.41. The minimum atomic E-state index is 1.09. The fourth-order valence-electron chi connectivity index (χ4n) is 0.493. The van der Waals surface area contributed by atoms with Crippen molar-refractivity contribution in [2.45, 2.75) is 26.7 Å². The lowest BCUT2D eigenvalue weighted by molar-refractivity contribution is 1.21. The predicted molar refractivity (Wildman–Crippen MR) is 46.7 cm³/mol. The third-order valence-corrected chi connectivity index (χ3v) is 1.50. The van der Waals surface area contributed by atoms with Crippen LogP contribution in [0.25, 0.3) is 0 Å². The molecular weight excluding hydrogens is 176 g/mol. The molecule has 0 atom stereocenters. The zero-order valence-corrected chi connectivity index (χ0v) is 7.61. The molecule has 0 saturated heterocycles. The van der Waals surface area contributed by atoms with Crippen molar-refractivity contribution in [1.82, 2.24) is 0 Å². The van der Waals surface area contributed by atoms with Gasteiger partial charge in [0.2, 0.25) is 0 Å². The average Bonchev–Trinajstić information content (AvgIpc) is 1.85. The molecule has 0 aromatic carbocycles. The summed E-state index contributed by atoms with van der Waals surface area (Å²) in [5.74, 6) is 0. The number of hydrogen-bond acceptors (Lipinski definition) is 0. The first-order valence-corrected chi connectivity index (χ1v) is 4.12. The molecule has 0 rings (SSSR count). The second-order valence-electron chi connectivity index (χ2n) is 1.81. The summed E-state index contributed by atoms with van der Waals surface area (Å²) >= 11 is 3.41. The van der Waals surface area contributed by atoms with E-state index in [0.717, 1.165) is 12.8 Å². The molecule has 0 radical (unpaired) electrons. The van der Waals surface area contributed by atoms with Crippen molar-refractivity contribution in [3.8, 4) is 0 Å². The Balaban J connectivity index is 3.60. The van der Waals surface area contributed by atoms with Gasteiger partial charge >= 0.3 is 0 Å². The van der Waals surface area contributed by atoms with E-state index in [2.05, 4.69) is 48.0 Å². The molecule has 0 fully saturated rings. The van der Waals surface area contributed by atoms with Crippen LogP contribution < -0.4 is 0 Å². The average molecular weight is 189 g/mol. The summed E-state index contributed by atoms with van der Waals surface area (Å²) in [5, 5.41) is 0. The normalized spacial score (nSPS) is 13.0. The monoisotopic (exact) mass is 188 g/mol. The fraction of sp³-hybridized carbons (Fsp3) is 0.500. The van der Waals surface area contributed by atoms with Gasteiger partial charge in [-0.2, -0.15) is 0 Å². The van der Waals surface area contributed by atoms with Crippen LogP contribution in [-0.2, 0) is 0 Å². The Hall–Kier alpha value is -0.0400. The first-order valence-electron chi connectivity index (χ1n) is 3.33. The quantitative estimate of drug-likeness (QED) is 0.594. The highest BCUT2D eigenvalue weighted by Gasteiger charge is 1.78. The fourth-order valence-corrected chi connectivity index (χ4v) is 1.00. The van der Waals surface area contributed by atoms with Gasteiger partial charge < -0.3 is 0 Å². The van der Waals surface area contributed by atoms with Crippen molar-refractivity contribution in [1.29, 1.82) is 0 Å². The lowest BCUT2D eigenvalue weighted by atomic mass is 10.3. The summed E-state index contributed by atoms with van der Waals surface area (Å²) in [5.41, 5.74) is 0. The molecule has 0 saturated carbocycles. The van der Waals surface area contributed by atoms with E-state index in [4.69, 9.17) is 0 Å². The SMILES string of the molecule is CC/C=C\C(Br)=C/CC. The van der Waals surface area contributed by atoms with Gasteiger partial charge in [-0.1, -0.05) is 48.0 Å². The molecule has 0 aliphatic heterocycles. The van der Waals surface area contributed by atoms with Crippen molar-refractivity contribution in [2.24, 2.45) is 0 Å². The van der Waals surface area contributed by atoms with Crippen molar-refractivity contribution in [2.75, 3.05) is 0 Å². The summed E-state index contributed by atoms with van der Waals surface area (Å²) in [4.78, 5) is 0. The topological polar surface area (TPSA) is 0 Å². The van der Waals surface area contributed by atoms with E-state index in [0.29, 0.717) is 0 Å². The Bertz CT molecular complexity index is 112. The Morgan fingerprint density at radius 1 is 1.33 bits per heavy atom. The minimum absolute atomic E-state index is 1.09. The van der Waals surface area contributed by atoms with Gasteiger partial charge in [-0.15, -0.1) is 0 Å². The summed E-state index contributed by atoms with van der Waals surface area (Å²) in [6, 6.07) is 0. The maximum atomic E-state index is 3.41. The van der Waals surface area contributed by atoms with E-state index in [1.165, 1.54) is 4.48 Å². The second kappa shape index (κ2) is 6.09. The molecule has 0 aliphatic carbocycles. The highest BCUT2D eigenvalue weighted by atomic mass is 79.9. The molecular formula is C8H13Br. The van der Waals surface area contributed by atoms with Crippen LogP contribution in [0.15, 0.2) is 22.7 Å². The van der Waals surface area contributed by atoms with Crippen LogP contribution >= 0.6 is 15.9 Å². The summed E-state index contributed by atoms with van der Waals surface area (Å²) in [7, 11) is 0. The van der Waals surface area contributed by atoms with Gasteiger partial charge in [0.25, 0.3) is 0 Å². The molecule has 52 valence electrons. The van der Waals surface area contributed by atoms with Gasteiger partial charge in [0.15, 0.2) is 0 Å². The Labute approximate surface area is 65.8 Å². The lowest BCUT2D eigenvalue weighted by Crippen LogP contribution is -1.61. The molecule has 0 aromatic rings. The van der Waals surface area contributed by atoms with Crippen molar-refractivity contribution < 1.29 is 0 Å². The van der Waals surface area contributed by atoms with E-state index in [1.54, 1.807) is 0 Å². The van der Waals surface area contributed by atoms with Crippen LogP contribution in [0.5, 0.6) is 0 Å². The number of hydrogen-bond donors (Lipinski definition) is 0. The summed E-state index contributed by atoms with van der Waals surface area (Å²) in [6.45, 7) is 4.25. The summed E-state index contributed by atoms with van der Waals surface area (Å²) < 4.78 is 1.19.